The highest BCUT2D eigenvalue weighted by Crippen LogP contribution is 2.37. The number of rotatable bonds is 7. The predicted octanol–water partition coefficient (Wildman–Crippen LogP) is 4.91. The molecule has 0 fully saturated rings. The number of ether oxygens (including phenoxy) is 2. The molecule has 1 aliphatic heterocycles. The van der Waals surface area contributed by atoms with E-state index in [2.05, 4.69) is 95.3 Å². The van der Waals surface area contributed by atoms with Crippen LogP contribution in [0.15, 0.2) is 73.0 Å². The van der Waals surface area contributed by atoms with Gasteiger partial charge in [-0.3, -0.25) is 0 Å². The Morgan fingerprint density at radius 2 is 1.57 bits per heavy atom. The largest absolute Gasteiger partial charge is 0.498 e. The third-order valence-electron chi connectivity index (χ3n) is 6.36. The highest BCUT2D eigenvalue weighted by atomic mass is 28.4. The molecule has 1 heterocycles. The van der Waals surface area contributed by atoms with Crippen LogP contribution in [0.2, 0.25) is 5.04 Å². The van der Waals surface area contributed by atoms with E-state index < -0.39 is 8.32 Å². The average molecular weight is 425 g/mol. The second-order valence-electron chi connectivity index (χ2n) is 9.65. The molecule has 0 bridgehead atoms. The Kier molecular flexibility index (Phi) is 6.90. The van der Waals surface area contributed by atoms with E-state index in [1.807, 2.05) is 6.08 Å². The van der Waals surface area contributed by atoms with Crippen molar-refractivity contribution in [1.82, 2.24) is 0 Å². The lowest BCUT2D eigenvalue weighted by Crippen LogP contribution is -2.67. The highest BCUT2D eigenvalue weighted by Gasteiger charge is 2.50. The molecule has 0 unspecified atom stereocenters. The average Bonchev–Trinajstić information content (AvgIpc) is 2.74. The van der Waals surface area contributed by atoms with E-state index in [4.69, 9.17) is 13.9 Å². The molecule has 0 N–H and O–H groups in total. The minimum Gasteiger partial charge on any atom is -0.498 e. The summed E-state index contributed by atoms with van der Waals surface area (Å²) in [6.45, 7) is 11.9. The summed E-state index contributed by atoms with van der Waals surface area (Å²) >= 11 is 0. The molecule has 0 aromatic heterocycles. The van der Waals surface area contributed by atoms with Gasteiger partial charge in [0.1, 0.15) is 6.10 Å². The van der Waals surface area contributed by atoms with Gasteiger partial charge in [-0.2, -0.15) is 0 Å². The van der Waals surface area contributed by atoms with Crippen molar-refractivity contribution < 1.29 is 13.9 Å². The maximum Gasteiger partial charge on any atom is 0.261 e. The standard InChI is InChI=1S/C26H36O3Si/c1-21(24-19-26(5,27-6)17-18-28-24)20-29-30(25(2,3)4,22-13-9-7-10-14-22)23-15-11-8-12-16-23/h7-18,21,24H,19-20H2,1-6H3/t21-,24+,26-/m1/s1. The SMILES string of the molecule is CO[C@]1(C)C=CO[C@H]([C@H](C)CO[Si](c2ccccc2)(c2ccccc2)C(C)(C)C)C1. The van der Waals surface area contributed by atoms with Crippen LogP contribution in [0.3, 0.4) is 0 Å². The summed E-state index contributed by atoms with van der Waals surface area (Å²) in [4.78, 5) is 0. The summed E-state index contributed by atoms with van der Waals surface area (Å²) < 4.78 is 18.7. The highest BCUT2D eigenvalue weighted by molar-refractivity contribution is 6.99. The molecule has 0 saturated heterocycles. The van der Waals surface area contributed by atoms with Crippen LogP contribution in [0.1, 0.15) is 41.0 Å². The summed E-state index contributed by atoms with van der Waals surface area (Å²) in [6, 6.07) is 21.6. The van der Waals surface area contributed by atoms with Gasteiger partial charge < -0.3 is 13.9 Å². The Morgan fingerprint density at radius 3 is 2.03 bits per heavy atom. The van der Waals surface area contributed by atoms with Gasteiger partial charge in [0.2, 0.25) is 0 Å². The fraction of sp³-hybridized carbons (Fsp3) is 0.462. The summed E-state index contributed by atoms with van der Waals surface area (Å²) in [5.41, 5.74) is -0.283. The molecule has 0 radical (unpaired) electrons. The first-order valence-electron chi connectivity index (χ1n) is 10.9. The molecule has 4 heteroatoms. The van der Waals surface area contributed by atoms with Gasteiger partial charge in [0, 0.05) is 26.1 Å². The lowest BCUT2D eigenvalue weighted by molar-refractivity contribution is -0.0450. The zero-order chi connectivity index (χ0) is 21.8. The number of hydrogen-bond acceptors (Lipinski definition) is 3. The molecule has 0 saturated carbocycles. The molecule has 162 valence electrons. The van der Waals surface area contributed by atoms with E-state index in [1.165, 1.54) is 10.4 Å². The van der Waals surface area contributed by atoms with Crippen molar-refractivity contribution in [2.24, 2.45) is 5.92 Å². The quantitative estimate of drug-likeness (QED) is 0.591. The fourth-order valence-corrected chi connectivity index (χ4v) is 9.08. The van der Waals surface area contributed by atoms with Crippen molar-refractivity contribution in [1.29, 1.82) is 0 Å². The van der Waals surface area contributed by atoms with Crippen molar-refractivity contribution in [3.8, 4) is 0 Å². The Bertz CT molecular complexity index is 789. The van der Waals surface area contributed by atoms with Crippen molar-refractivity contribution in [3.05, 3.63) is 73.0 Å². The van der Waals surface area contributed by atoms with Crippen LogP contribution in [0.25, 0.3) is 0 Å². The minimum atomic E-state index is -2.52. The third-order valence-corrected chi connectivity index (χ3v) is 11.4. The number of hydrogen-bond donors (Lipinski definition) is 0. The Morgan fingerprint density at radius 1 is 1.03 bits per heavy atom. The molecule has 0 amide bonds. The minimum absolute atomic E-state index is 0.0240. The van der Waals surface area contributed by atoms with E-state index >= 15 is 0 Å². The normalized spacial score (nSPS) is 23.1. The van der Waals surface area contributed by atoms with Gasteiger partial charge in [-0.05, 0) is 28.4 Å². The molecule has 30 heavy (non-hydrogen) atoms. The molecule has 3 nitrogen and oxygen atoms in total. The summed E-state index contributed by atoms with van der Waals surface area (Å²) in [5, 5.41) is 2.59. The zero-order valence-corrected chi connectivity index (χ0v) is 20.2. The Hall–Kier alpha value is -1.88. The van der Waals surface area contributed by atoms with Crippen LogP contribution < -0.4 is 10.4 Å². The lowest BCUT2D eigenvalue weighted by atomic mass is 9.90. The van der Waals surface area contributed by atoms with Crippen molar-refractivity contribution in [3.63, 3.8) is 0 Å². The second-order valence-corrected chi connectivity index (χ2v) is 14.0. The monoisotopic (exact) mass is 424 g/mol. The molecule has 2 aromatic rings. The Balaban J connectivity index is 1.93. The lowest BCUT2D eigenvalue weighted by Gasteiger charge is -2.44. The van der Waals surface area contributed by atoms with Crippen molar-refractivity contribution in [2.75, 3.05) is 13.7 Å². The molecule has 0 spiro atoms. The first kappa shape index (κ1) is 22.8. The van der Waals surface area contributed by atoms with Gasteiger partial charge in [-0.25, -0.2) is 0 Å². The second kappa shape index (κ2) is 9.09. The van der Waals surface area contributed by atoms with Crippen LogP contribution in [-0.2, 0) is 13.9 Å². The molecule has 3 rings (SSSR count). The van der Waals surface area contributed by atoms with E-state index in [9.17, 15) is 0 Å². The topological polar surface area (TPSA) is 27.7 Å². The van der Waals surface area contributed by atoms with Crippen LogP contribution in [-0.4, -0.2) is 33.7 Å². The molecule has 1 aliphatic rings. The molecule has 2 aromatic carbocycles. The van der Waals surface area contributed by atoms with Gasteiger partial charge in [-0.1, -0.05) is 88.4 Å². The van der Waals surface area contributed by atoms with E-state index in [0.29, 0.717) is 6.61 Å². The smallest absolute Gasteiger partial charge is 0.261 e. The van der Waals surface area contributed by atoms with Crippen LogP contribution in [0.5, 0.6) is 0 Å². The molecular formula is C26H36O3Si. The van der Waals surface area contributed by atoms with Gasteiger partial charge >= 0.3 is 0 Å². The predicted molar refractivity (Wildman–Crippen MR) is 127 cm³/mol. The third kappa shape index (κ3) is 4.56. The maximum absolute atomic E-state index is 7.08. The van der Waals surface area contributed by atoms with Crippen LogP contribution in [0.4, 0.5) is 0 Å². The maximum atomic E-state index is 7.08. The number of benzene rings is 2. The van der Waals surface area contributed by atoms with Gasteiger partial charge in [0.15, 0.2) is 0 Å². The van der Waals surface area contributed by atoms with Crippen LogP contribution in [0, 0.1) is 5.92 Å². The summed E-state index contributed by atoms with van der Waals surface area (Å²) in [5.74, 6) is 0.242. The number of methoxy groups -OCH3 is 1. The van der Waals surface area contributed by atoms with E-state index in [1.54, 1.807) is 13.4 Å². The van der Waals surface area contributed by atoms with E-state index in [0.717, 1.165) is 6.42 Å². The van der Waals surface area contributed by atoms with Crippen molar-refractivity contribution >= 4 is 18.7 Å². The Labute approximate surface area is 183 Å². The van der Waals surface area contributed by atoms with Gasteiger partial charge in [-0.15, -0.1) is 0 Å². The van der Waals surface area contributed by atoms with Gasteiger partial charge in [0.25, 0.3) is 8.32 Å². The van der Waals surface area contributed by atoms with Crippen LogP contribution >= 0.6 is 0 Å². The summed E-state index contributed by atoms with van der Waals surface area (Å²) in [6.07, 6.45) is 4.68. The first-order chi connectivity index (χ1) is 14.2. The van der Waals surface area contributed by atoms with Gasteiger partial charge in [0.05, 0.1) is 11.9 Å². The van der Waals surface area contributed by atoms with E-state index in [-0.39, 0.29) is 22.7 Å². The molecule has 3 atom stereocenters. The fourth-order valence-electron chi connectivity index (χ4n) is 4.41. The zero-order valence-electron chi connectivity index (χ0n) is 19.2. The van der Waals surface area contributed by atoms with Crippen molar-refractivity contribution in [2.45, 2.75) is 57.8 Å². The molecular weight excluding hydrogens is 388 g/mol. The first-order valence-corrected chi connectivity index (χ1v) is 12.8. The summed E-state index contributed by atoms with van der Waals surface area (Å²) in [7, 11) is -0.764. The molecule has 0 aliphatic carbocycles.